The summed E-state index contributed by atoms with van der Waals surface area (Å²) >= 11 is 0. The molecule has 2 aliphatic rings. The van der Waals surface area contributed by atoms with Crippen molar-refractivity contribution in [3.8, 4) is 0 Å². The maximum atomic E-state index is 12.0. The third kappa shape index (κ3) is 4.08. The normalized spacial score (nSPS) is 19.6. The minimum atomic E-state index is 0.163. The Morgan fingerprint density at radius 3 is 2.82 bits per heavy atom. The van der Waals surface area contributed by atoms with Crippen LogP contribution in [0.2, 0.25) is 0 Å². The number of nitrogens with one attached hydrogen (secondary N) is 1. The van der Waals surface area contributed by atoms with Crippen molar-refractivity contribution in [2.75, 3.05) is 32.8 Å². The summed E-state index contributed by atoms with van der Waals surface area (Å²) in [6.45, 7) is 5.47. The molecule has 0 spiro atoms. The van der Waals surface area contributed by atoms with Gasteiger partial charge in [0.1, 0.15) is 0 Å². The molecule has 0 aliphatic carbocycles. The summed E-state index contributed by atoms with van der Waals surface area (Å²) in [5.41, 5.74) is 2.95. The van der Waals surface area contributed by atoms with E-state index in [1.165, 1.54) is 11.1 Å². The minimum Gasteiger partial charge on any atom is -0.381 e. The molecule has 1 aromatic carbocycles. The maximum absolute atomic E-state index is 12.0. The largest absolute Gasteiger partial charge is 0.381 e. The number of benzene rings is 1. The van der Waals surface area contributed by atoms with Gasteiger partial charge in [-0.1, -0.05) is 24.3 Å². The lowest BCUT2D eigenvalue weighted by molar-refractivity contribution is -0.127. The fraction of sp³-hybridized carbons (Fsp3) is 0.611. The van der Waals surface area contributed by atoms with Crippen molar-refractivity contribution < 1.29 is 9.53 Å². The quantitative estimate of drug-likeness (QED) is 0.846. The SMILES string of the molecule is O=C(NCCCN1CCc2ccccc2C1)C1CCOCC1. The number of ether oxygens (including phenoxy) is 1. The zero-order chi connectivity index (χ0) is 15.2. The lowest BCUT2D eigenvalue weighted by Gasteiger charge is -2.28. The predicted molar refractivity (Wildman–Crippen MR) is 86.6 cm³/mol. The Balaban J connectivity index is 1.35. The van der Waals surface area contributed by atoms with E-state index >= 15 is 0 Å². The number of hydrogen-bond donors (Lipinski definition) is 1. The fourth-order valence-corrected chi connectivity index (χ4v) is 3.36. The van der Waals surface area contributed by atoms with E-state index in [1.807, 2.05) is 0 Å². The van der Waals surface area contributed by atoms with E-state index in [-0.39, 0.29) is 11.8 Å². The molecule has 2 aliphatic heterocycles. The molecule has 4 heteroatoms. The summed E-state index contributed by atoms with van der Waals surface area (Å²) in [7, 11) is 0. The number of carbonyl (C=O) groups is 1. The van der Waals surface area contributed by atoms with Gasteiger partial charge >= 0.3 is 0 Å². The molecule has 1 aromatic rings. The van der Waals surface area contributed by atoms with Gasteiger partial charge in [0, 0.05) is 45.3 Å². The molecule has 0 unspecified atom stereocenters. The predicted octanol–water partition coefficient (Wildman–Crippen LogP) is 1.98. The highest BCUT2D eigenvalue weighted by molar-refractivity contribution is 5.78. The van der Waals surface area contributed by atoms with Crippen LogP contribution in [0.3, 0.4) is 0 Å². The molecule has 120 valence electrons. The number of hydrogen-bond acceptors (Lipinski definition) is 3. The van der Waals surface area contributed by atoms with Gasteiger partial charge in [0.25, 0.3) is 0 Å². The van der Waals surface area contributed by atoms with Gasteiger partial charge in [-0.3, -0.25) is 9.69 Å². The van der Waals surface area contributed by atoms with Crippen molar-refractivity contribution in [2.45, 2.75) is 32.2 Å². The molecular weight excluding hydrogens is 276 g/mol. The van der Waals surface area contributed by atoms with Gasteiger partial charge in [-0.15, -0.1) is 0 Å². The topological polar surface area (TPSA) is 41.6 Å². The van der Waals surface area contributed by atoms with Crippen molar-refractivity contribution in [2.24, 2.45) is 5.92 Å². The monoisotopic (exact) mass is 302 g/mol. The zero-order valence-electron chi connectivity index (χ0n) is 13.2. The van der Waals surface area contributed by atoms with Crippen molar-refractivity contribution in [3.05, 3.63) is 35.4 Å². The third-order valence-corrected chi connectivity index (χ3v) is 4.75. The van der Waals surface area contributed by atoms with Crippen molar-refractivity contribution >= 4 is 5.91 Å². The van der Waals surface area contributed by atoms with Crippen LogP contribution in [0.25, 0.3) is 0 Å². The van der Waals surface area contributed by atoms with Crippen molar-refractivity contribution in [1.82, 2.24) is 10.2 Å². The van der Waals surface area contributed by atoms with Crippen LogP contribution in [0.4, 0.5) is 0 Å². The first-order valence-corrected chi connectivity index (χ1v) is 8.47. The molecule has 0 aromatic heterocycles. The molecule has 1 amide bonds. The highest BCUT2D eigenvalue weighted by Crippen LogP contribution is 2.18. The Bertz CT molecular complexity index is 498. The van der Waals surface area contributed by atoms with Crippen LogP contribution in [0.1, 0.15) is 30.4 Å². The average Bonchev–Trinajstić information content (AvgIpc) is 2.59. The van der Waals surface area contributed by atoms with Crippen LogP contribution < -0.4 is 5.32 Å². The minimum absolute atomic E-state index is 0.163. The Morgan fingerprint density at radius 1 is 1.23 bits per heavy atom. The van der Waals surface area contributed by atoms with Gasteiger partial charge in [-0.2, -0.15) is 0 Å². The number of carbonyl (C=O) groups excluding carboxylic acids is 1. The van der Waals surface area contributed by atoms with E-state index in [2.05, 4.69) is 34.5 Å². The summed E-state index contributed by atoms with van der Waals surface area (Å²) in [5, 5.41) is 3.09. The average molecular weight is 302 g/mol. The number of fused-ring (bicyclic) bond motifs is 1. The Kier molecular flexibility index (Phi) is 5.46. The summed E-state index contributed by atoms with van der Waals surface area (Å²) in [6, 6.07) is 8.71. The summed E-state index contributed by atoms with van der Waals surface area (Å²) < 4.78 is 5.30. The zero-order valence-corrected chi connectivity index (χ0v) is 13.2. The van der Waals surface area contributed by atoms with Gasteiger partial charge in [-0.25, -0.2) is 0 Å². The second kappa shape index (κ2) is 7.75. The molecule has 0 atom stereocenters. The van der Waals surface area contributed by atoms with Crippen molar-refractivity contribution in [3.63, 3.8) is 0 Å². The van der Waals surface area contributed by atoms with E-state index in [0.29, 0.717) is 0 Å². The molecular formula is C18H26N2O2. The number of nitrogens with zero attached hydrogens (tertiary/aromatic N) is 1. The first-order chi connectivity index (χ1) is 10.8. The summed E-state index contributed by atoms with van der Waals surface area (Å²) in [6.07, 6.45) is 3.91. The maximum Gasteiger partial charge on any atom is 0.223 e. The smallest absolute Gasteiger partial charge is 0.223 e. The van der Waals surface area contributed by atoms with Crippen LogP contribution in [-0.4, -0.2) is 43.7 Å². The molecule has 0 bridgehead atoms. The van der Waals surface area contributed by atoms with Gasteiger partial charge < -0.3 is 10.1 Å². The summed E-state index contributed by atoms with van der Waals surface area (Å²) in [5.74, 6) is 0.378. The molecule has 1 N–H and O–H groups in total. The molecule has 22 heavy (non-hydrogen) atoms. The van der Waals surface area contributed by atoms with Gasteiger partial charge in [0.05, 0.1) is 0 Å². The lowest BCUT2D eigenvalue weighted by Crippen LogP contribution is -2.37. The standard InChI is InChI=1S/C18H26N2O2/c21-18(16-7-12-22-13-8-16)19-9-3-10-20-11-6-15-4-1-2-5-17(15)14-20/h1-2,4-5,16H,3,6-14H2,(H,19,21). The molecule has 2 heterocycles. The highest BCUT2D eigenvalue weighted by atomic mass is 16.5. The lowest BCUT2D eigenvalue weighted by atomic mass is 9.99. The van der Waals surface area contributed by atoms with Crippen molar-refractivity contribution in [1.29, 1.82) is 0 Å². The first-order valence-electron chi connectivity index (χ1n) is 8.47. The number of rotatable bonds is 5. The van der Waals surface area contributed by atoms with Gasteiger partial charge in [0.15, 0.2) is 0 Å². The molecule has 1 fully saturated rings. The van der Waals surface area contributed by atoms with E-state index < -0.39 is 0 Å². The Morgan fingerprint density at radius 2 is 2.00 bits per heavy atom. The van der Waals surface area contributed by atoms with E-state index in [4.69, 9.17) is 4.74 Å². The van der Waals surface area contributed by atoms with Gasteiger partial charge in [-0.05, 0) is 36.8 Å². The van der Waals surface area contributed by atoms with Crippen LogP contribution in [0, 0.1) is 5.92 Å². The van der Waals surface area contributed by atoms with Crippen LogP contribution in [0.15, 0.2) is 24.3 Å². The van der Waals surface area contributed by atoms with Crippen LogP contribution in [-0.2, 0) is 22.5 Å². The fourth-order valence-electron chi connectivity index (χ4n) is 3.36. The first kappa shape index (κ1) is 15.5. The van der Waals surface area contributed by atoms with Crippen LogP contribution >= 0.6 is 0 Å². The molecule has 4 nitrogen and oxygen atoms in total. The Labute approximate surface area is 132 Å². The molecule has 1 saturated heterocycles. The number of amides is 1. The van der Waals surface area contributed by atoms with E-state index in [1.54, 1.807) is 0 Å². The third-order valence-electron chi connectivity index (χ3n) is 4.75. The summed E-state index contributed by atoms with van der Waals surface area (Å²) in [4.78, 5) is 14.5. The molecule has 0 radical (unpaired) electrons. The van der Waals surface area contributed by atoms with Gasteiger partial charge in [0.2, 0.25) is 5.91 Å². The van der Waals surface area contributed by atoms with E-state index in [0.717, 1.165) is 65.1 Å². The second-order valence-electron chi connectivity index (χ2n) is 6.33. The molecule has 3 rings (SSSR count). The van der Waals surface area contributed by atoms with Crippen LogP contribution in [0.5, 0.6) is 0 Å². The second-order valence-corrected chi connectivity index (χ2v) is 6.33. The highest BCUT2D eigenvalue weighted by Gasteiger charge is 2.21. The Hall–Kier alpha value is -1.39. The van der Waals surface area contributed by atoms with E-state index in [9.17, 15) is 4.79 Å². The molecule has 0 saturated carbocycles.